The molecule has 2 aromatic carbocycles. The molecule has 1 saturated heterocycles. The average molecular weight is 448 g/mol. The van der Waals surface area contributed by atoms with E-state index in [1.165, 1.54) is 5.56 Å². The van der Waals surface area contributed by atoms with Crippen molar-refractivity contribution in [3.05, 3.63) is 88.2 Å². The molecular formula is C26H26ClN3O2. The first-order valence-corrected chi connectivity index (χ1v) is 11.2. The molecule has 0 atom stereocenters. The van der Waals surface area contributed by atoms with Crippen LogP contribution < -0.4 is 10.2 Å². The van der Waals surface area contributed by atoms with E-state index in [-0.39, 0.29) is 16.9 Å². The Bertz CT molecular complexity index is 1190. The Morgan fingerprint density at radius 1 is 1.09 bits per heavy atom. The molecule has 0 spiro atoms. The van der Waals surface area contributed by atoms with E-state index in [1.54, 1.807) is 24.5 Å². The van der Waals surface area contributed by atoms with Gasteiger partial charge in [0.25, 0.3) is 5.91 Å². The third-order valence-electron chi connectivity index (χ3n) is 6.61. The van der Waals surface area contributed by atoms with Crippen molar-refractivity contribution in [1.29, 1.82) is 0 Å². The van der Waals surface area contributed by atoms with Gasteiger partial charge < -0.3 is 15.0 Å². The van der Waals surface area contributed by atoms with Gasteiger partial charge in [0.2, 0.25) is 0 Å². The number of nitrogens with zero attached hydrogens (tertiary/aromatic N) is 2. The summed E-state index contributed by atoms with van der Waals surface area (Å²) in [5, 5.41) is 4.45. The van der Waals surface area contributed by atoms with E-state index in [2.05, 4.69) is 48.4 Å². The fourth-order valence-corrected chi connectivity index (χ4v) is 4.98. The molecule has 0 radical (unpaired) electrons. The number of hydrogen-bond donors (Lipinski definition) is 1. The van der Waals surface area contributed by atoms with Crippen LogP contribution in [0.2, 0.25) is 5.02 Å². The lowest BCUT2D eigenvalue weighted by Crippen LogP contribution is -2.53. The molecule has 1 amide bonds. The van der Waals surface area contributed by atoms with Crippen LogP contribution in [0.3, 0.4) is 0 Å². The van der Waals surface area contributed by atoms with E-state index in [1.807, 2.05) is 24.0 Å². The van der Waals surface area contributed by atoms with Crippen LogP contribution in [-0.2, 0) is 15.7 Å². The lowest BCUT2D eigenvalue weighted by Gasteiger charge is -2.44. The van der Waals surface area contributed by atoms with Crippen molar-refractivity contribution < 1.29 is 9.53 Å². The van der Waals surface area contributed by atoms with Gasteiger partial charge in [-0.3, -0.25) is 9.78 Å². The van der Waals surface area contributed by atoms with E-state index < -0.39 is 0 Å². The number of ether oxygens (including phenoxy) is 1. The molecule has 2 aliphatic heterocycles. The van der Waals surface area contributed by atoms with Gasteiger partial charge in [-0.15, -0.1) is 0 Å². The Labute approximate surface area is 193 Å². The fourth-order valence-electron chi connectivity index (χ4n) is 4.81. The van der Waals surface area contributed by atoms with Crippen LogP contribution >= 0.6 is 11.6 Å². The smallest absolute Gasteiger partial charge is 0.258 e. The molecule has 1 aromatic heterocycles. The van der Waals surface area contributed by atoms with Crippen LogP contribution in [0, 0.1) is 6.92 Å². The minimum absolute atomic E-state index is 0.0104. The summed E-state index contributed by atoms with van der Waals surface area (Å²) in [6.45, 7) is 8.16. The normalized spacial score (nSPS) is 18.1. The van der Waals surface area contributed by atoms with Crippen molar-refractivity contribution in [1.82, 2.24) is 4.98 Å². The first-order valence-electron chi connectivity index (χ1n) is 10.8. The summed E-state index contributed by atoms with van der Waals surface area (Å²) in [6, 6.07) is 15.8. The number of aromatic nitrogens is 1. The van der Waals surface area contributed by atoms with Crippen LogP contribution in [0.4, 0.5) is 11.4 Å². The highest BCUT2D eigenvalue weighted by molar-refractivity contribution is 6.31. The van der Waals surface area contributed by atoms with Gasteiger partial charge in [0, 0.05) is 46.3 Å². The molecular weight excluding hydrogens is 422 g/mol. The van der Waals surface area contributed by atoms with Crippen molar-refractivity contribution in [3.8, 4) is 0 Å². The zero-order chi connectivity index (χ0) is 22.5. The van der Waals surface area contributed by atoms with Gasteiger partial charge in [-0.25, -0.2) is 0 Å². The summed E-state index contributed by atoms with van der Waals surface area (Å²) < 4.78 is 5.63. The predicted molar refractivity (Wildman–Crippen MR) is 128 cm³/mol. The van der Waals surface area contributed by atoms with Crippen molar-refractivity contribution >= 4 is 28.9 Å². The van der Waals surface area contributed by atoms with Gasteiger partial charge in [-0.1, -0.05) is 43.6 Å². The topological polar surface area (TPSA) is 54.5 Å². The predicted octanol–water partition coefficient (Wildman–Crippen LogP) is 5.32. The number of nitrogens with one attached hydrogen (secondary N) is 1. The SMILES string of the molecule is Cc1c(Cl)cccc1C1(Nc2ccc3c(c2)N(C(=O)c2ccncc2)CC3(C)C)COC1. The van der Waals surface area contributed by atoms with Gasteiger partial charge in [-0.05, 0) is 53.9 Å². The fraction of sp³-hybridized carbons (Fsp3) is 0.308. The molecule has 5 rings (SSSR count). The maximum absolute atomic E-state index is 13.3. The first kappa shape index (κ1) is 21.0. The molecule has 0 saturated carbocycles. The van der Waals surface area contributed by atoms with Crippen LogP contribution in [0.1, 0.15) is 40.9 Å². The number of pyridine rings is 1. The molecule has 5 nitrogen and oxygen atoms in total. The minimum Gasteiger partial charge on any atom is -0.376 e. The number of rotatable bonds is 4. The molecule has 1 fully saturated rings. The number of hydrogen-bond acceptors (Lipinski definition) is 4. The second-order valence-corrected chi connectivity index (χ2v) is 9.76. The molecule has 3 heterocycles. The van der Waals surface area contributed by atoms with E-state index in [0.717, 1.165) is 27.5 Å². The lowest BCUT2D eigenvalue weighted by atomic mass is 9.84. The quantitative estimate of drug-likeness (QED) is 0.588. The van der Waals surface area contributed by atoms with Crippen molar-refractivity contribution in [3.63, 3.8) is 0 Å². The van der Waals surface area contributed by atoms with E-state index >= 15 is 0 Å². The Morgan fingerprint density at radius 3 is 2.53 bits per heavy atom. The van der Waals surface area contributed by atoms with Crippen LogP contribution in [0.25, 0.3) is 0 Å². The third-order valence-corrected chi connectivity index (χ3v) is 7.02. The van der Waals surface area contributed by atoms with Gasteiger partial charge >= 0.3 is 0 Å². The molecule has 2 aliphatic rings. The van der Waals surface area contributed by atoms with E-state index in [4.69, 9.17) is 16.3 Å². The van der Waals surface area contributed by atoms with E-state index in [0.29, 0.717) is 25.3 Å². The molecule has 6 heteroatoms. The Morgan fingerprint density at radius 2 is 1.84 bits per heavy atom. The molecule has 3 aromatic rings. The molecule has 0 bridgehead atoms. The largest absolute Gasteiger partial charge is 0.376 e. The van der Waals surface area contributed by atoms with Crippen LogP contribution in [-0.4, -0.2) is 30.6 Å². The van der Waals surface area contributed by atoms with Gasteiger partial charge in [-0.2, -0.15) is 0 Å². The number of anilines is 2. The number of fused-ring (bicyclic) bond motifs is 1. The number of benzene rings is 2. The summed E-state index contributed by atoms with van der Waals surface area (Å²) in [6.07, 6.45) is 3.31. The lowest BCUT2D eigenvalue weighted by molar-refractivity contribution is -0.0449. The van der Waals surface area contributed by atoms with Gasteiger partial charge in [0.15, 0.2) is 0 Å². The van der Waals surface area contributed by atoms with Crippen molar-refractivity contribution in [2.75, 3.05) is 30.0 Å². The Balaban J connectivity index is 1.51. The summed E-state index contributed by atoms with van der Waals surface area (Å²) in [4.78, 5) is 19.2. The highest BCUT2D eigenvalue weighted by Crippen LogP contribution is 2.44. The van der Waals surface area contributed by atoms with E-state index in [9.17, 15) is 4.79 Å². The zero-order valence-corrected chi connectivity index (χ0v) is 19.2. The Kier molecular flexibility index (Phi) is 4.99. The van der Waals surface area contributed by atoms with Gasteiger partial charge in [0.05, 0.1) is 13.2 Å². The number of amides is 1. The summed E-state index contributed by atoms with van der Waals surface area (Å²) >= 11 is 6.41. The zero-order valence-electron chi connectivity index (χ0n) is 18.5. The van der Waals surface area contributed by atoms with Gasteiger partial charge in [0.1, 0.15) is 5.54 Å². The third kappa shape index (κ3) is 3.37. The summed E-state index contributed by atoms with van der Waals surface area (Å²) in [5.74, 6) is -0.0104. The maximum Gasteiger partial charge on any atom is 0.258 e. The molecule has 0 unspecified atom stereocenters. The second kappa shape index (κ2) is 7.61. The van der Waals surface area contributed by atoms with Crippen LogP contribution in [0.5, 0.6) is 0 Å². The summed E-state index contributed by atoms with van der Waals surface area (Å²) in [5.41, 5.74) is 5.44. The Hall–Kier alpha value is -2.89. The first-order chi connectivity index (χ1) is 15.3. The molecule has 32 heavy (non-hydrogen) atoms. The average Bonchev–Trinajstić information content (AvgIpc) is 3.03. The number of carbonyl (C=O) groups excluding carboxylic acids is 1. The monoisotopic (exact) mass is 447 g/mol. The summed E-state index contributed by atoms with van der Waals surface area (Å²) in [7, 11) is 0. The van der Waals surface area contributed by atoms with Crippen molar-refractivity contribution in [2.24, 2.45) is 0 Å². The number of carbonyl (C=O) groups is 1. The minimum atomic E-state index is -0.336. The molecule has 0 aliphatic carbocycles. The highest BCUT2D eigenvalue weighted by Gasteiger charge is 2.43. The maximum atomic E-state index is 13.3. The standard InChI is InChI=1S/C26H26ClN3O2/c1-17-20(5-4-6-22(17)27)26(15-32-16-26)29-19-7-8-21-23(13-19)30(14-25(21,2)3)24(31)18-9-11-28-12-10-18/h4-13,29H,14-16H2,1-3H3. The number of halogens is 1. The van der Waals surface area contributed by atoms with Crippen LogP contribution in [0.15, 0.2) is 60.9 Å². The second-order valence-electron chi connectivity index (χ2n) is 9.36. The molecule has 1 N–H and O–H groups in total. The van der Waals surface area contributed by atoms with Crippen molar-refractivity contribution in [2.45, 2.75) is 31.7 Å². The molecule has 164 valence electrons. The highest BCUT2D eigenvalue weighted by atomic mass is 35.5.